The van der Waals surface area contributed by atoms with Gasteiger partial charge in [-0.15, -0.1) is 11.3 Å². The highest BCUT2D eigenvalue weighted by Gasteiger charge is 2.22. The Labute approximate surface area is 185 Å². The minimum Gasteiger partial charge on any atom is -0.495 e. The fourth-order valence-electron chi connectivity index (χ4n) is 3.23. The molecule has 7 nitrogen and oxygen atoms in total. The molecule has 1 aromatic heterocycles. The van der Waals surface area contributed by atoms with Crippen LogP contribution < -0.4 is 24.7 Å². The number of rotatable bonds is 8. The minimum atomic E-state index is -0.381. The average Bonchev–Trinajstić information content (AvgIpc) is 3.23. The Morgan fingerprint density at radius 3 is 2.03 bits per heavy atom. The summed E-state index contributed by atoms with van der Waals surface area (Å²) in [6.45, 7) is 2.07. The Morgan fingerprint density at radius 2 is 1.52 bits per heavy atom. The van der Waals surface area contributed by atoms with Crippen LogP contribution in [0.2, 0.25) is 0 Å². The Balaban J connectivity index is 2.24. The molecule has 0 spiro atoms. The largest absolute Gasteiger partial charge is 0.495 e. The molecule has 8 heteroatoms. The zero-order valence-corrected chi connectivity index (χ0v) is 18.9. The summed E-state index contributed by atoms with van der Waals surface area (Å²) in [5.41, 5.74) is 9.10. The second kappa shape index (κ2) is 9.61. The number of ether oxygens (including phenoxy) is 5. The summed E-state index contributed by atoms with van der Waals surface area (Å²) >= 11 is 1.33. The van der Waals surface area contributed by atoms with E-state index in [1.54, 1.807) is 47.5 Å². The summed E-state index contributed by atoms with van der Waals surface area (Å²) in [5, 5.41) is 0. The molecule has 0 aliphatic carbocycles. The molecule has 0 atom stereocenters. The topological polar surface area (TPSA) is 89.2 Å². The van der Waals surface area contributed by atoms with Crippen molar-refractivity contribution in [1.29, 1.82) is 0 Å². The highest BCUT2D eigenvalue weighted by Crippen LogP contribution is 2.46. The van der Waals surface area contributed by atoms with Gasteiger partial charge in [-0.2, -0.15) is 0 Å². The highest BCUT2D eigenvalue weighted by molar-refractivity contribution is 7.18. The summed E-state index contributed by atoms with van der Waals surface area (Å²) in [6.07, 6.45) is 0. The number of nitrogens with two attached hydrogens (primary N) is 1. The van der Waals surface area contributed by atoms with Gasteiger partial charge in [0.2, 0.25) is 5.75 Å². The summed E-state index contributed by atoms with van der Waals surface area (Å²) in [4.78, 5) is 13.8. The average molecular weight is 444 g/mol. The van der Waals surface area contributed by atoms with E-state index in [9.17, 15) is 4.79 Å². The van der Waals surface area contributed by atoms with Crippen molar-refractivity contribution in [2.24, 2.45) is 0 Å². The standard InChI is InChI=1S/C23H25NO6S/c1-6-30-23(25)20-12-15(14-10-18(27-3)21(29-5)19(11-14)28-4)22(31-20)13-7-8-17(26-2)16(24)9-13/h7-12H,6,24H2,1-5H3. The molecule has 0 unspecified atom stereocenters. The van der Waals surface area contributed by atoms with Crippen LogP contribution in [0.1, 0.15) is 16.6 Å². The first-order chi connectivity index (χ1) is 15.0. The predicted molar refractivity (Wildman–Crippen MR) is 122 cm³/mol. The lowest BCUT2D eigenvalue weighted by Gasteiger charge is -2.15. The fourth-order valence-corrected chi connectivity index (χ4v) is 4.31. The second-order valence-electron chi connectivity index (χ2n) is 6.44. The second-order valence-corrected chi connectivity index (χ2v) is 7.50. The molecule has 2 aromatic carbocycles. The van der Waals surface area contributed by atoms with Gasteiger partial charge in [0.15, 0.2) is 11.5 Å². The van der Waals surface area contributed by atoms with Gasteiger partial charge in [-0.25, -0.2) is 4.79 Å². The first-order valence-corrected chi connectivity index (χ1v) is 10.3. The molecule has 3 aromatic rings. The molecular weight excluding hydrogens is 418 g/mol. The lowest BCUT2D eigenvalue weighted by Crippen LogP contribution is -2.01. The molecule has 0 radical (unpaired) electrons. The molecule has 2 N–H and O–H groups in total. The third kappa shape index (κ3) is 4.39. The lowest BCUT2D eigenvalue weighted by molar-refractivity contribution is 0.0532. The number of hydrogen-bond donors (Lipinski definition) is 1. The van der Waals surface area contributed by atoms with Crippen LogP contribution in [0.3, 0.4) is 0 Å². The van der Waals surface area contributed by atoms with Gasteiger partial charge in [0.25, 0.3) is 0 Å². The van der Waals surface area contributed by atoms with E-state index in [2.05, 4.69) is 0 Å². The van der Waals surface area contributed by atoms with Gasteiger partial charge in [-0.05, 0) is 54.4 Å². The quantitative estimate of drug-likeness (QED) is 0.392. The summed E-state index contributed by atoms with van der Waals surface area (Å²) in [7, 11) is 6.24. The van der Waals surface area contributed by atoms with Crippen molar-refractivity contribution in [3.05, 3.63) is 41.3 Å². The first kappa shape index (κ1) is 22.3. The van der Waals surface area contributed by atoms with Crippen LogP contribution in [0.5, 0.6) is 23.0 Å². The smallest absolute Gasteiger partial charge is 0.348 e. The zero-order chi connectivity index (χ0) is 22.5. The molecule has 1 heterocycles. The molecular formula is C23H25NO6S. The van der Waals surface area contributed by atoms with Crippen LogP contribution in [-0.2, 0) is 4.74 Å². The molecule has 0 bridgehead atoms. The molecule has 0 aliphatic heterocycles. The molecule has 0 saturated heterocycles. The van der Waals surface area contributed by atoms with E-state index in [1.807, 2.05) is 24.3 Å². The number of hydrogen-bond acceptors (Lipinski definition) is 8. The van der Waals surface area contributed by atoms with Crippen molar-refractivity contribution in [2.75, 3.05) is 40.8 Å². The van der Waals surface area contributed by atoms with Crippen LogP contribution in [0.15, 0.2) is 36.4 Å². The summed E-state index contributed by atoms with van der Waals surface area (Å²) < 4.78 is 26.9. The Bertz CT molecular complexity index is 1070. The number of methoxy groups -OCH3 is 4. The Kier molecular flexibility index (Phi) is 6.91. The van der Waals surface area contributed by atoms with Crippen LogP contribution in [-0.4, -0.2) is 41.0 Å². The van der Waals surface area contributed by atoms with Crippen LogP contribution >= 0.6 is 11.3 Å². The number of esters is 1. The van der Waals surface area contributed by atoms with Gasteiger partial charge in [0.1, 0.15) is 10.6 Å². The van der Waals surface area contributed by atoms with Crippen molar-refractivity contribution < 1.29 is 28.5 Å². The van der Waals surface area contributed by atoms with Crippen molar-refractivity contribution in [2.45, 2.75) is 6.92 Å². The van der Waals surface area contributed by atoms with Gasteiger partial charge in [0.05, 0.1) is 40.7 Å². The van der Waals surface area contributed by atoms with Crippen LogP contribution in [0.25, 0.3) is 21.6 Å². The van der Waals surface area contributed by atoms with E-state index < -0.39 is 0 Å². The van der Waals surface area contributed by atoms with Gasteiger partial charge >= 0.3 is 5.97 Å². The highest BCUT2D eigenvalue weighted by atomic mass is 32.1. The lowest BCUT2D eigenvalue weighted by atomic mass is 10.0. The molecule has 0 fully saturated rings. The molecule has 31 heavy (non-hydrogen) atoms. The van der Waals surface area contributed by atoms with E-state index in [0.29, 0.717) is 40.2 Å². The SMILES string of the molecule is CCOC(=O)c1cc(-c2cc(OC)c(OC)c(OC)c2)c(-c2ccc(OC)c(N)c2)s1. The Morgan fingerprint density at radius 1 is 0.871 bits per heavy atom. The Hall–Kier alpha value is -3.39. The predicted octanol–water partition coefficient (Wildman–Crippen LogP) is 4.88. The molecule has 164 valence electrons. The number of carbonyl (C=O) groups is 1. The maximum atomic E-state index is 12.5. The van der Waals surface area contributed by atoms with E-state index in [1.165, 1.54) is 11.3 Å². The van der Waals surface area contributed by atoms with Crippen molar-refractivity contribution in [1.82, 2.24) is 0 Å². The van der Waals surface area contributed by atoms with Gasteiger partial charge in [-0.1, -0.05) is 0 Å². The van der Waals surface area contributed by atoms with E-state index in [4.69, 9.17) is 29.4 Å². The van der Waals surface area contributed by atoms with Crippen molar-refractivity contribution in [3.8, 4) is 44.6 Å². The third-order valence-corrected chi connectivity index (χ3v) is 5.84. The van der Waals surface area contributed by atoms with Crippen molar-refractivity contribution in [3.63, 3.8) is 0 Å². The first-order valence-electron chi connectivity index (χ1n) is 9.52. The normalized spacial score (nSPS) is 10.5. The number of benzene rings is 2. The van der Waals surface area contributed by atoms with Gasteiger partial charge in [0, 0.05) is 10.4 Å². The third-order valence-electron chi connectivity index (χ3n) is 4.68. The van der Waals surface area contributed by atoms with Crippen LogP contribution in [0.4, 0.5) is 5.69 Å². The number of carbonyl (C=O) groups excluding carboxylic acids is 1. The molecule has 3 rings (SSSR count). The van der Waals surface area contributed by atoms with Crippen LogP contribution in [0, 0.1) is 0 Å². The summed E-state index contributed by atoms with van der Waals surface area (Å²) in [5.74, 6) is 1.72. The fraction of sp³-hybridized carbons (Fsp3) is 0.261. The molecule has 0 saturated carbocycles. The van der Waals surface area contributed by atoms with E-state index in [0.717, 1.165) is 21.6 Å². The van der Waals surface area contributed by atoms with Gasteiger partial charge < -0.3 is 29.4 Å². The van der Waals surface area contributed by atoms with E-state index in [-0.39, 0.29) is 5.97 Å². The number of anilines is 1. The maximum absolute atomic E-state index is 12.5. The monoisotopic (exact) mass is 443 g/mol. The van der Waals surface area contributed by atoms with Gasteiger partial charge in [-0.3, -0.25) is 0 Å². The van der Waals surface area contributed by atoms with E-state index >= 15 is 0 Å². The molecule has 0 aliphatic rings. The van der Waals surface area contributed by atoms with Crippen molar-refractivity contribution >= 4 is 23.0 Å². The molecule has 0 amide bonds. The number of nitrogen functional groups attached to an aromatic ring is 1. The maximum Gasteiger partial charge on any atom is 0.348 e. The number of thiophene rings is 1. The minimum absolute atomic E-state index is 0.293. The summed E-state index contributed by atoms with van der Waals surface area (Å²) in [6, 6.07) is 11.0. The zero-order valence-electron chi connectivity index (χ0n) is 18.1.